The van der Waals surface area contributed by atoms with Gasteiger partial charge in [-0.2, -0.15) is 0 Å². The second-order valence-electron chi connectivity index (χ2n) is 5.71. The Hall–Kier alpha value is -0.530. The van der Waals surface area contributed by atoms with Gasteiger partial charge < -0.3 is 5.21 Å². The highest BCUT2D eigenvalue weighted by Gasteiger charge is 2.24. The highest BCUT2D eigenvalue weighted by molar-refractivity contribution is 5.77. The zero-order valence-corrected chi connectivity index (χ0v) is 10.6. The fourth-order valence-electron chi connectivity index (χ4n) is 3.35. The van der Waals surface area contributed by atoms with Crippen LogP contribution >= 0.6 is 0 Å². The summed E-state index contributed by atoms with van der Waals surface area (Å²) in [6.07, 6.45) is 12.6. The second-order valence-corrected chi connectivity index (χ2v) is 5.71. The van der Waals surface area contributed by atoms with Crippen LogP contribution in [0.4, 0.5) is 0 Å². The Morgan fingerprint density at radius 3 is 2.19 bits per heavy atom. The van der Waals surface area contributed by atoms with E-state index < -0.39 is 0 Å². The van der Waals surface area contributed by atoms with E-state index in [1.165, 1.54) is 49.7 Å². The van der Waals surface area contributed by atoms with Crippen molar-refractivity contribution in [3.63, 3.8) is 0 Å². The zero-order valence-electron chi connectivity index (χ0n) is 10.6. The van der Waals surface area contributed by atoms with Gasteiger partial charge in [0, 0.05) is 26.2 Å². The van der Waals surface area contributed by atoms with Crippen molar-refractivity contribution in [3.05, 3.63) is 5.21 Å². The van der Waals surface area contributed by atoms with Crippen LogP contribution in [0.5, 0.6) is 0 Å². The lowest BCUT2D eigenvalue weighted by Crippen LogP contribution is -2.25. The summed E-state index contributed by atoms with van der Waals surface area (Å²) in [6, 6.07) is 0.309. The van der Waals surface area contributed by atoms with Crippen molar-refractivity contribution in [1.82, 2.24) is 0 Å². The first kappa shape index (κ1) is 11.9. The molecule has 0 heterocycles. The van der Waals surface area contributed by atoms with Gasteiger partial charge in [-0.1, -0.05) is 19.3 Å². The van der Waals surface area contributed by atoms with Crippen LogP contribution in [0.25, 0.3) is 0 Å². The van der Waals surface area contributed by atoms with Crippen LogP contribution in [0.1, 0.15) is 71.1 Å². The van der Waals surface area contributed by atoms with Gasteiger partial charge in [-0.05, 0) is 31.6 Å². The molecular weight excluding hydrogens is 198 g/mol. The molecule has 2 fully saturated rings. The summed E-state index contributed by atoms with van der Waals surface area (Å²) in [5, 5.41) is 12.1. The Balaban J connectivity index is 1.88. The molecular formula is C14H25NO. The normalized spacial score (nSPS) is 25.8. The first-order valence-electron chi connectivity index (χ1n) is 7.06. The van der Waals surface area contributed by atoms with Crippen LogP contribution < -0.4 is 0 Å². The van der Waals surface area contributed by atoms with Gasteiger partial charge in [0.25, 0.3) is 0 Å². The minimum absolute atomic E-state index is 0.309. The summed E-state index contributed by atoms with van der Waals surface area (Å²) < 4.78 is 1.35. The van der Waals surface area contributed by atoms with Gasteiger partial charge in [-0.25, -0.2) is 4.74 Å². The molecule has 0 aromatic heterocycles. The van der Waals surface area contributed by atoms with Crippen LogP contribution in [-0.2, 0) is 0 Å². The molecule has 2 aliphatic carbocycles. The lowest BCUT2D eigenvalue weighted by atomic mass is 9.86. The molecule has 0 bridgehead atoms. The van der Waals surface area contributed by atoms with Gasteiger partial charge >= 0.3 is 0 Å². The molecule has 0 amide bonds. The third-order valence-electron chi connectivity index (χ3n) is 4.34. The van der Waals surface area contributed by atoms with E-state index in [9.17, 15) is 5.21 Å². The van der Waals surface area contributed by atoms with Crippen molar-refractivity contribution in [2.45, 2.75) is 77.2 Å². The maximum Gasteiger partial charge on any atom is 0.163 e. The number of hydroxylamine groups is 1. The Morgan fingerprint density at radius 2 is 1.56 bits per heavy atom. The fraction of sp³-hybridized carbons (Fsp3) is 0.929. The quantitative estimate of drug-likeness (QED) is 0.309. The molecule has 92 valence electrons. The molecule has 0 radical (unpaired) electrons. The summed E-state index contributed by atoms with van der Waals surface area (Å²) >= 11 is 0. The predicted octanol–water partition coefficient (Wildman–Crippen LogP) is 3.87. The van der Waals surface area contributed by atoms with Gasteiger partial charge in [0.2, 0.25) is 0 Å². The summed E-state index contributed by atoms with van der Waals surface area (Å²) in [6.45, 7) is 2.06. The molecule has 0 aromatic carbocycles. The third-order valence-corrected chi connectivity index (χ3v) is 4.34. The van der Waals surface area contributed by atoms with Crippen molar-refractivity contribution in [3.8, 4) is 0 Å². The monoisotopic (exact) mass is 223 g/mol. The Labute approximate surface area is 99.3 Å². The highest BCUT2D eigenvalue weighted by atomic mass is 16.5. The lowest BCUT2D eigenvalue weighted by molar-refractivity contribution is -0.501. The van der Waals surface area contributed by atoms with E-state index in [0.29, 0.717) is 6.04 Å². The first-order valence-corrected chi connectivity index (χ1v) is 7.06. The molecule has 2 aliphatic rings. The van der Waals surface area contributed by atoms with Gasteiger partial charge in [-0.3, -0.25) is 0 Å². The highest BCUT2D eigenvalue weighted by Crippen LogP contribution is 2.27. The van der Waals surface area contributed by atoms with Crippen molar-refractivity contribution < 1.29 is 4.74 Å². The standard InChI is InChI=1S/C14H25NO/c1-12(11-13-7-3-2-4-8-13)15(16)14-9-5-6-10-14/h13-14H,2-11H2,1H3/b15-12-. The van der Waals surface area contributed by atoms with Gasteiger partial charge in [-0.15, -0.1) is 0 Å². The van der Waals surface area contributed by atoms with Gasteiger partial charge in [0.1, 0.15) is 0 Å². The smallest absolute Gasteiger partial charge is 0.163 e. The molecule has 2 heteroatoms. The van der Waals surface area contributed by atoms with E-state index in [2.05, 4.69) is 6.92 Å². The Bertz CT molecular complexity index is 247. The predicted molar refractivity (Wildman–Crippen MR) is 67.8 cm³/mol. The summed E-state index contributed by atoms with van der Waals surface area (Å²) in [7, 11) is 0. The van der Waals surface area contributed by atoms with E-state index >= 15 is 0 Å². The SMILES string of the molecule is C/C(CC1CCCCC1)=[N+](/[O-])C1CCCC1. The Morgan fingerprint density at radius 1 is 1.00 bits per heavy atom. The largest absolute Gasteiger partial charge is 0.624 e. The molecule has 0 aliphatic heterocycles. The lowest BCUT2D eigenvalue weighted by Gasteiger charge is -2.22. The third kappa shape index (κ3) is 2.99. The summed E-state index contributed by atoms with van der Waals surface area (Å²) in [4.78, 5) is 0. The van der Waals surface area contributed by atoms with Crippen molar-refractivity contribution in [2.24, 2.45) is 5.92 Å². The number of hydrogen-bond donors (Lipinski definition) is 0. The number of hydrogen-bond acceptors (Lipinski definition) is 1. The second kappa shape index (κ2) is 5.70. The number of rotatable bonds is 3. The molecule has 2 saturated carbocycles. The average molecular weight is 223 g/mol. The topological polar surface area (TPSA) is 26.1 Å². The van der Waals surface area contributed by atoms with E-state index in [1.807, 2.05) is 0 Å². The summed E-state index contributed by atoms with van der Waals surface area (Å²) in [5.41, 5.74) is 1.10. The first-order chi connectivity index (χ1) is 7.77. The van der Waals surface area contributed by atoms with Gasteiger partial charge in [0.05, 0.1) is 0 Å². The molecule has 0 saturated heterocycles. The van der Waals surface area contributed by atoms with E-state index in [-0.39, 0.29) is 0 Å². The molecule has 2 rings (SSSR count). The van der Waals surface area contributed by atoms with E-state index in [0.717, 1.165) is 30.9 Å². The van der Waals surface area contributed by atoms with Crippen LogP contribution in [0, 0.1) is 11.1 Å². The van der Waals surface area contributed by atoms with Crippen molar-refractivity contribution >= 4 is 5.71 Å². The number of nitrogens with zero attached hydrogens (tertiary/aromatic N) is 1. The van der Waals surface area contributed by atoms with Crippen molar-refractivity contribution in [1.29, 1.82) is 0 Å². The average Bonchev–Trinajstić information content (AvgIpc) is 2.83. The fourth-order valence-corrected chi connectivity index (χ4v) is 3.35. The molecule has 0 N–H and O–H groups in total. The van der Waals surface area contributed by atoms with Gasteiger partial charge in [0.15, 0.2) is 11.8 Å². The van der Waals surface area contributed by atoms with Crippen LogP contribution in [0.15, 0.2) is 0 Å². The molecule has 2 nitrogen and oxygen atoms in total. The maximum absolute atomic E-state index is 12.1. The molecule has 16 heavy (non-hydrogen) atoms. The van der Waals surface area contributed by atoms with Crippen molar-refractivity contribution in [2.75, 3.05) is 0 Å². The van der Waals surface area contributed by atoms with Crippen LogP contribution in [-0.4, -0.2) is 16.5 Å². The van der Waals surface area contributed by atoms with E-state index in [1.54, 1.807) is 0 Å². The minimum atomic E-state index is 0.309. The van der Waals surface area contributed by atoms with E-state index in [4.69, 9.17) is 0 Å². The minimum Gasteiger partial charge on any atom is -0.624 e. The van der Waals surface area contributed by atoms with Crippen LogP contribution in [0.3, 0.4) is 0 Å². The molecule has 0 unspecified atom stereocenters. The molecule has 0 atom stereocenters. The zero-order chi connectivity index (χ0) is 11.4. The molecule has 0 spiro atoms. The summed E-state index contributed by atoms with van der Waals surface area (Å²) in [5.74, 6) is 0.798. The Kier molecular flexibility index (Phi) is 4.25. The van der Waals surface area contributed by atoms with Crippen LogP contribution in [0.2, 0.25) is 0 Å². The molecule has 0 aromatic rings. The maximum atomic E-state index is 12.1.